The molecule has 0 fully saturated rings. The summed E-state index contributed by atoms with van der Waals surface area (Å²) >= 11 is 0. The first-order valence-electron chi connectivity index (χ1n) is 13.7. The minimum absolute atomic E-state index is 0.0692. The minimum Gasteiger partial charge on any atom is -0.491 e. The van der Waals surface area contributed by atoms with Crippen LogP contribution in [-0.4, -0.2) is 39.6 Å². The number of hydrogen-bond acceptors (Lipinski definition) is 4. The molecule has 3 N–H and O–H groups in total. The molecule has 0 aliphatic heterocycles. The first kappa shape index (κ1) is 30.6. The van der Waals surface area contributed by atoms with Crippen LogP contribution in [0.15, 0.2) is 42.5 Å². The van der Waals surface area contributed by atoms with Gasteiger partial charge in [0.2, 0.25) is 0 Å². The molecule has 0 spiro atoms. The maximum Gasteiger partial charge on any atom is 0.303 e. The first-order chi connectivity index (χ1) is 17.5. The SMILES string of the molecule is CCCC(O)(/C=C/c1ccc(C(CC)(CC)c2ccc(OC[C@@H](O)CCC(=O)O)c(C)c2)cc1C)CC. The van der Waals surface area contributed by atoms with Crippen molar-refractivity contribution in [3.8, 4) is 5.75 Å². The van der Waals surface area contributed by atoms with Gasteiger partial charge in [-0.3, -0.25) is 4.79 Å². The molecule has 2 atom stereocenters. The van der Waals surface area contributed by atoms with E-state index in [1.54, 1.807) is 0 Å². The van der Waals surface area contributed by atoms with E-state index in [-0.39, 0.29) is 24.9 Å². The molecule has 0 heterocycles. The molecule has 0 saturated carbocycles. The van der Waals surface area contributed by atoms with Crippen LogP contribution < -0.4 is 4.74 Å². The van der Waals surface area contributed by atoms with Crippen molar-refractivity contribution in [3.05, 3.63) is 70.3 Å². The third kappa shape index (κ3) is 7.93. The second-order valence-electron chi connectivity index (χ2n) is 10.3. The van der Waals surface area contributed by atoms with Gasteiger partial charge in [0.25, 0.3) is 0 Å². The van der Waals surface area contributed by atoms with Crippen molar-refractivity contribution >= 4 is 12.0 Å². The van der Waals surface area contributed by atoms with Crippen molar-refractivity contribution < 1.29 is 24.9 Å². The maximum absolute atomic E-state index is 10.8. The van der Waals surface area contributed by atoms with Crippen LogP contribution in [0.4, 0.5) is 0 Å². The van der Waals surface area contributed by atoms with Crippen molar-refractivity contribution in [2.24, 2.45) is 0 Å². The van der Waals surface area contributed by atoms with Crippen LogP contribution in [0.2, 0.25) is 0 Å². The predicted molar refractivity (Wildman–Crippen MR) is 151 cm³/mol. The molecular formula is C32H46O5. The lowest BCUT2D eigenvalue weighted by Crippen LogP contribution is -2.26. The molecule has 0 bridgehead atoms. The highest BCUT2D eigenvalue weighted by Gasteiger charge is 2.31. The zero-order valence-electron chi connectivity index (χ0n) is 23.5. The van der Waals surface area contributed by atoms with Crippen LogP contribution in [0, 0.1) is 13.8 Å². The van der Waals surface area contributed by atoms with Crippen LogP contribution in [0.25, 0.3) is 6.08 Å². The predicted octanol–water partition coefficient (Wildman–Crippen LogP) is 6.97. The summed E-state index contributed by atoms with van der Waals surface area (Å²) < 4.78 is 5.82. The highest BCUT2D eigenvalue weighted by molar-refractivity contribution is 5.66. The van der Waals surface area contributed by atoms with Gasteiger partial charge in [0, 0.05) is 11.8 Å². The third-order valence-corrected chi connectivity index (χ3v) is 7.75. The molecule has 5 heteroatoms. The Hall–Kier alpha value is -2.63. The zero-order valence-corrected chi connectivity index (χ0v) is 23.5. The number of ether oxygens (including phenoxy) is 1. The second kappa shape index (κ2) is 13.8. The van der Waals surface area contributed by atoms with Crippen molar-refractivity contribution in [1.29, 1.82) is 0 Å². The summed E-state index contributed by atoms with van der Waals surface area (Å²) in [4.78, 5) is 10.7. The van der Waals surface area contributed by atoms with Gasteiger partial charge in [0.05, 0.1) is 11.7 Å². The molecule has 5 nitrogen and oxygen atoms in total. The van der Waals surface area contributed by atoms with Gasteiger partial charge in [-0.1, -0.05) is 76.6 Å². The molecule has 204 valence electrons. The summed E-state index contributed by atoms with van der Waals surface area (Å²) in [6.45, 7) is 12.8. The Labute approximate surface area is 223 Å². The van der Waals surface area contributed by atoms with Crippen molar-refractivity contribution in [1.82, 2.24) is 0 Å². The number of rotatable bonds is 15. The maximum atomic E-state index is 10.8. The molecule has 1 unspecified atom stereocenters. The average molecular weight is 511 g/mol. The summed E-state index contributed by atoms with van der Waals surface area (Å²) in [6.07, 6.45) is 7.56. The van der Waals surface area contributed by atoms with Crippen LogP contribution in [0.3, 0.4) is 0 Å². The Morgan fingerprint density at radius 2 is 1.59 bits per heavy atom. The summed E-state index contributed by atoms with van der Waals surface area (Å²) in [7, 11) is 0. The molecule has 2 rings (SSSR count). The Morgan fingerprint density at radius 3 is 2.11 bits per heavy atom. The standard InChI is InChI=1S/C32H46O5/c1-7-18-31(36,8-2)19-17-25-11-12-26(20-23(25)5)32(9-3,10-4)27-13-15-29(24(6)21-27)37-22-28(33)14-16-30(34)35/h11-13,15,17,19-21,28,33,36H,7-10,14,16,18,22H2,1-6H3,(H,34,35)/b19-17+/t28-,31?/m0/s1. The number of aliphatic carboxylic acids is 1. The lowest BCUT2D eigenvalue weighted by molar-refractivity contribution is -0.137. The summed E-state index contributed by atoms with van der Waals surface area (Å²) in [5.74, 6) is -0.223. The van der Waals surface area contributed by atoms with E-state index in [2.05, 4.69) is 64.1 Å². The van der Waals surface area contributed by atoms with Gasteiger partial charge in [-0.05, 0) is 79.8 Å². The van der Waals surface area contributed by atoms with Gasteiger partial charge < -0.3 is 20.1 Å². The van der Waals surface area contributed by atoms with E-state index in [0.717, 1.165) is 36.8 Å². The fraction of sp³-hybridized carbons (Fsp3) is 0.531. The van der Waals surface area contributed by atoms with Crippen LogP contribution in [0.1, 0.15) is 100 Å². The highest BCUT2D eigenvalue weighted by atomic mass is 16.5. The fourth-order valence-electron chi connectivity index (χ4n) is 5.12. The number of benzene rings is 2. The van der Waals surface area contributed by atoms with Gasteiger partial charge in [-0.25, -0.2) is 0 Å². The van der Waals surface area contributed by atoms with Gasteiger partial charge in [0.1, 0.15) is 12.4 Å². The second-order valence-corrected chi connectivity index (χ2v) is 10.3. The number of carboxylic acid groups (broad SMARTS) is 1. The zero-order chi connectivity index (χ0) is 27.6. The van der Waals surface area contributed by atoms with Gasteiger partial charge in [-0.2, -0.15) is 0 Å². The number of aryl methyl sites for hydroxylation is 2. The third-order valence-electron chi connectivity index (χ3n) is 7.75. The van der Waals surface area contributed by atoms with E-state index < -0.39 is 17.7 Å². The summed E-state index contributed by atoms with van der Waals surface area (Å²) in [5.41, 5.74) is 4.87. The lowest BCUT2D eigenvalue weighted by Gasteiger charge is -2.34. The Morgan fingerprint density at radius 1 is 0.973 bits per heavy atom. The van der Waals surface area contributed by atoms with E-state index in [9.17, 15) is 15.0 Å². The Balaban J connectivity index is 2.30. The number of aliphatic hydroxyl groups is 2. The molecule has 0 amide bonds. The Kier molecular flexibility index (Phi) is 11.4. The van der Waals surface area contributed by atoms with E-state index in [1.807, 2.05) is 26.0 Å². The molecule has 0 aromatic heterocycles. The highest BCUT2D eigenvalue weighted by Crippen LogP contribution is 2.41. The van der Waals surface area contributed by atoms with Gasteiger partial charge >= 0.3 is 5.97 Å². The molecule has 2 aromatic carbocycles. The smallest absolute Gasteiger partial charge is 0.303 e. The van der Waals surface area contributed by atoms with E-state index in [1.165, 1.54) is 16.7 Å². The van der Waals surface area contributed by atoms with E-state index in [4.69, 9.17) is 9.84 Å². The van der Waals surface area contributed by atoms with E-state index in [0.29, 0.717) is 12.2 Å². The number of aliphatic hydroxyl groups excluding tert-OH is 1. The number of carbonyl (C=O) groups is 1. The van der Waals surface area contributed by atoms with Crippen LogP contribution >= 0.6 is 0 Å². The van der Waals surface area contributed by atoms with Gasteiger partial charge in [0.15, 0.2) is 0 Å². The largest absolute Gasteiger partial charge is 0.491 e. The average Bonchev–Trinajstić information content (AvgIpc) is 2.87. The van der Waals surface area contributed by atoms with E-state index >= 15 is 0 Å². The molecule has 0 aliphatic carbocycles. The minimum atomic E-state index is -0.923. The number of hydrogen-bond donors (Lipinski definition) is 3. The van der Waals surface area contributed by atoms with Crippen molar-refractivity contribution in [3.63, 3.8) is 0 Å². The summed E-state index contributed by atoms with van der Waals surface area (Å²) in [6, 6.07) is 12.9. The molecule has 0 aliphatic rings. The lowest BCUT2D eigenvalue weighted by atomic mass is 9.70. The van der Waals surface area contributed by atoms with Crippen LogP contribution in [0.5, 0.6) is 5.75 Å². The Bertz CT molecular complexity index is 1050. The molecular weight excluding hydrogens is 464 g/mol. The molecule has 37 heavy (non-hydrogen) atoms. The van der Waals surface area contributed by atoms with Gasteiger partial charge in [-0.15, -0.1) is 0 Å². The first-order valence-corrected chi connectivity index (χ1v) is 13.7. The monoisotopic (exact) mass is 510 g/mol. The molecule has 0 saturated heterocycles. The summed E-state index contributed by atoms with van der Waals surface area (Å²) in [5, 5.41) is 29.6. The van der Waals surface area contributed by atoms with Crippen LogP contribution in [-0.2, 0) is 10.2 Å². The van der Waals surface area contributed by atoms with Crippen molar-refractivity contribution in [2.75, 3.05) is 6.61 Å². The quantitative estimate of drug-likeness (QED) is 0.241. The van der Waals surface area contributed by atoms with Crippen molar-refractivity contribution in [2.45, 2.75) is 104 Å². The molecule has 0 radical (unpaired) electrons. The molecule has 2 aromatic rings. The topological polar surface area (TPSA) is 87.0 Å². The normalized spacial score (nSPS) is 14.5. The fourth-order valence-corrected chi connectivity index (χ4v) is 5.12. The number of carboxylic acids is 1.